The standard InChI is InChI=1S/C23H27N3O2/c1-4-14-28-21-15-18(10-11-20(21)27-3)16-25-22(24-2)26-17-23(12-13-23)19-8-6-5-7-9-19/h1,5-11,15H,12-14,16-17H2,2-3H3,(H2,24,25,26). The molecule has 0 aromatic heterocycles. The highest BCUT2D eigenvalue weighted by atomic mass is 16.5. The second kappa shape index (κ2) is 9.18. The fourth-order valence-electron chi connectivity index (χ4n) is 3.23. The zero-order valence-corrected chi connectivity index (χ0v) is 16.5. The fraction of sp³-hybridized carbons (Fsp3) is 0.348. The second-order valence-electron chi connectivity index (χ2n) is 6.90. The molecule has 0 unspecified atom stereocenters. The lowest BCUT2D eigenvalue weighted by atomic mass is 9.96. The van der Waals surface area contributed by atoms with Crippen molar-refractivity contribution in [1.82, 2.24) is 10.6 Å². The predicted octanol–water partition coefficient (Wildman–Crippen LogP) is 3.10. The van der Waals surface area contributed by atoms with Crippen molar-refractivity contribution in [1.29, 1.82) is 0 Å². The molecule has 0 saturated heterocycles. The van der Waals surface area contributed by atoms with Crippen LogP contribution in [0.4, 0.5) is 0 Å². The SMILES string of the molecule is C#CCOc1cc(CNC(=NC)NCC2(c3ccccc3)CC2)ccc1OC. The van der Waals surface area contributed by atoms with Crippen LogP contribution in [0.3, 0.4) is 0 Å². The third-order valence-electron chi connectivity index (χ3n) is 5.06. The van der Waals surface area contributed by atoms with Gasteiger partial charge in [0.15, 0.2) is 17.5 Å². The molecule has 146 valence electrons. The van der Waals surface area contributed by atoms with Gasteiger partial charge < -0.3 is 20.1 Å². The number of guanidine groups is 1. The van der Waals surface area contributed by atoms with Crippen molar-refractivity contribution < 1.29 is 9.47 Å². The van der Waals surface area contributed by atoms with Gasteiger partial charge in [0.1, 0.15) is 6.61 Å². The summed E-state index contributed by atoms with van der Waals surface area (Å²) in [6.45, 7) is 1.70. The summed E-state index contributed by atoms with van der Waals surface area (Å²) >= 11 is 0. The van der Waals surface area contributed by atoms with E-state index in [0.717, 1.165) is 18.1 Å². The number of rotatable bonds is 8. The lowest BCUT2D eigenvalue weighted by Gasteiger charge is -2.19. The molecule has 0 radical (unpaired) electrons. The van der Waals surface area contributed by atoms with Crippen LogP contribution in [0, 0.1) is 12.3 Å². The first-order chi connectivity index (χ1) is 13.7. The van der Waals surface area contributed by atoms with Crippen LogP contribution in [0.1, 0.15) is 24.0 Å². The van der Waals surface area contributed by atoms with Crippen LogP contribution in [0.25, 0.3) is 0 Å². The number of ether oxygens (including phenoxy) is 2. The Kier molecular flexibility index (Phi) is 6.44. The van der Waals surface area contributed by atoms with E-state index in [1.807, 2.05) is 18.2 Å². The molecule has 5 heteroatoms. The van der Waals surface area contributed by atoms with E-state index in [2.05, 4.69) is 51.9 Å². The van der Waals surface area contributed by atoms with E-state index < -0.39 is 0 Å². The smallest absolute Gasteiger partial charge is 0.191 e. The van der Waals surface area contributed by atoms with Gasteiger partial charge in [0, 0.05) is 25.6 Å². The number of terminal acetylenes is 1. The minimum absolute atomic E-state index is 0.206. The van der Waals surface area contributed by atoms with Gasteiger partial charge in [-0.2, -0.15) is 0 Å². The Balaban J connectivity index is 1.57. The molecular formula is C23H27N3O2. The summed E-state index contributed by atoms with van der Waals surface area (Å²) in [5, 5.41) is 6.83. The fourth-order valence-corrected chi connectivity index (χ4v) is 3.23. The third kappa shape index (κ3) is 4.77. The van der Waals surface area contributed by atoms with Crippen LogP contribution >= 0.6 is 0 Å². The molecular weight excluding hydrogens is 350 g/mol. The number of nitrogens with zero attached hydrogens (tertiary/aromatic N) is 1. The first kappa shape index (κ1) is 19.6. The van der Waals surface area contributed by atoms with Crippen LogP contribution in [-0.2, 0) is 12.0 Å². The Bertz CT molecular complexity index is 852. The minimum atomic E-state index is 0.206. The lowest BCUT2D eigenvalue weighted by molar-refractivity contribution is 0.330. The Morgan fingerprint density at radius 2 is 1.93 bits per heavy atom. The van der Waals surface area contributed by atoms with Crippen LogP contribution in [-0.4, -0.2) is 33.3 Å². The van der Waals surface area contributed by atoms with Gasteiger partial charge in [-0.3, -0.25) is 4.99 Å². The van der Waals surface area contributed by atoms with Gasteiger partial charge in [-0.1, -0.05) is 42.3 Å². The monoisotopic (exact) mass is 377 g/mol. The Labute approximate surface area is 167 Å². The van der Waals surface area contributed by atoms with Crippen LogP contribution in [0.5, 0.6) is 11.5 Å². The number of aliphatic imine (C=N–C) groups is 1. The molecule has 2 aromatic rings. The van der Waals surface area contributed by atoms with Crippen molar-refractivity contribution in [3.63, 3.8) is 0 Å². The molecule has 0 atom stereocenters. The summed E-state index contributed by atoms with van der Waals surface area (Å²) in [5.74, 6) is 4.56. The lowest BCUT2D eigenvalue weighted by Crippen LogP contribution is -2.40. The number of nitrogens with one attached hydrogen (secondary N) is 2. The summed E-state index contributed by atoms with van der Waals surface area (Å²) in [6.07, 6.45) is 7.69. The van der Waals surface area contributed by atoms with Crippen molar-refractivity contribution in [2.45, 2.75) is 24.8 Å². The summed E-state index contributed by atoms with van der Waals surface area (Å²) in [7, 11) is 3.40. The molecule has 0 amide bonds. The first-order valence-electron chi connectivity index (χ1n) is 9.44. The maximum atomic E-state index is 5.57. The number of methoxy groups -OCH3 is 1. The van der Waals surface area contributed by atoms with Gasteiger partial charge in [0.25, 0.3) is 0 Å². The summed E-state index contributed by atoms with van der Waals surface area (Å²) in [4.78, 5) is 4.35. The maximum Gasteiger partial charge on any atom is 0.191 e. The van der Waals surface area contributed by atoms with E-state index in [1.165, 1.54) is 18.4 Å². The minimum Gasteiger partial charge on any atom is -0.493 e. The van der Waals surface area contributed by atoms with Crippen molar-refractivity contribution in [2.75, 3.05) is 27.3 Å². The molecule has 0 bridgehead atoms. The molecule has 1 fully saturated rings. The quantitative estimate of drug-likeness (QED) is 0.422. The van der Waals surface area contributed by atoms with Crippen molar-refractivity contribution >= 4 is 5.96 Å². The van der Waals surface area contributed by atoms with Crippen molar-refractivity contribution in [3.8, 4) is 23.8 Å². The molecule has 0 spiro atoms. The summed E-state index contributed by atoms with van der Waals surface area (Å²) < 4.78 is 10.9. The highest BCUT2D eigenvalue weighted by Gasteiger charge is 2.43. The van der Waals surface area contributed by atoms with Crippen molar-refractivity contribution in [3.05, 3.63) is 59.7 Å². The third-order valence-corrected chi connectivity index (χ3v) is 5.06. The van der Waals surface area contributed by atoms with Gasteiger partial charge in [-0.05, 0) is 36.1 Å². The normalized spacial score (nSPS) is 14.7. The molecule has 5 nitrogen and oxygen atoms in total. The predicted molar refractivity (Wildman–Crippen MR) is 113 cm³/mol. The number of hydrogen-bond donors (Lipinski definition) is 2. The van der Waals surface area contributed by atoms with Gasteiger partial charge in [0.2, 0.25) is 0 Å². The zero-order valence-electron chi connectivity index (χ0n) is 16.5. The van der Waals surface area contributed by atoms with Crippen LogP contribution < -0.4 is 20.1 Å². The van der Waals surface area contributed by atoms with Gasteiger partial charge >= 0.3 is 0 Å². The topological polar surface area (TPSA) is 54.9 Å². The molecule has 0 aliphatic heterocycles. The van der Waals surface area contributed by atoms with E-state index in [-0.39, 0.29) is 12.0 Å². The molecule has 1 aliphatic rings. The van der Waals surface area contributed by atoms with Crippen LogP contribution in [0.15, 0.2) is 53.5 Å². The average molecular weight is 377 g/mol. The van der Waals surface area contributed by atoms with Gasteiger partial charge in [-0.15, -0.1) is 6.42 Å². The van der Waals surface area contributed by atoms with Crippen molar-refractivity contribution in [2.24, 2.45) is 4.99 Å². The average Bonchev–Trinajstić information content (AvgIpc) is 3.54. The molecule has 0 heterocycles. The molecule has 1 saturated carbocycles. The Hall–Kier alpha value is -3.13. The summed E-state index contributed by atoms with van der Waals surface area (Å²) in [6, 6.07) is 16.5. The molecule has 2 aromatic carbocycles. The number of hydrogen-bond acceptors (Lipinski definition) is 3. The largest absolute Gasteiger partial charge is 0.493 e. The first-order valence-corrected chi connectivity index (χ1v) is 9.44. The summed E-state index contributed by atoms with van der Waals surface area (Å²) in [5.41, 5.74) is 2.68. The Morgan fingerprint density at radius 3 is 2.57 bits per heavy atom. The number of benzene rings is 2. The van der Waals surface area contributed by atoms with E-state index in [4.69, 9.17) is 15.9 Å². The molecule has 2 N–H and O–H groups in total. The van der Waals surface area contributed by atoms with E-state index >= 15 is 0 Å². The van der Waals surface area contributed by atoms with E-state index in [1.54, 1.807) is 14.2 Å². The highest BCUT2D eigenvalue weighted by Crippen LogP contribution is 2.47. The molecule has 28 heavy (non-hydrogen) atoms. The highest BCUT2D eigenvalue weighted by molar-refractivity contribution is 5.79. The second-order valence-corrected chi connectivity index (χ2v) is 6.90. The van der Waals surface area contributed by atoms with E-state index in [9.17, 15) is 0 Å². The maximum absolute atomic E-state index is 5.57. The van der Waals surface area contributed by atoms with Gasteiger partial charge in [-0.25, -0.2) is 0 Å². The zero-order chi connectivity index (χ0) is 19.8. The molecule has 1 aliphatic carbocycles. The van der Waals surface area contributed by atoms with Gasteiger partial charge in [0.05, 0.1) is 7.11 Å². The van der Waals surface area contributed by atoms with Crippen LogP contribution in [0.2, 0.25) is 0 Å². The molecule has 3 rings (SSSR count). The van der Waals surface area contributed by atoms with E-state index in [0.29, 0.717) is 18.0 Å². The Morgan fingerprint density at radius 1 is 1.14 bits per heavy atom.